The topological polar surface area (TPSA) is 90.7 Å². The number of hydrogen-bond acceptors (Lipinski definition) is 6. The van der Waals surface area contributed by atoms with Crippen molar-refractivity contribution < 1.29 is 0 Å². The molecule has 5 nitrogen and oxygen atoms in total. The van der Waals surface area contributed by atoms with Crippen LogP contribution in [0.15, 0.2) is 30.6 Å². The fraction of sp³-hybridized carbons (Fsp3) is 0. The number of thiazole rings is 1. The van der Waals surface area contributed by atoms with Gasteiger partial charge < -0.3 is 11.5 Å². The van der Waals surface area contributed by atoms with Crippen molar-refractivity contribution in [2.45, 2.75) is 0 Å². The smallest absolute Gasteiger partial charge is 0.219 e. The molecule has 0 bridgehead atoms. The van der Waals surface area contributed by atoms with Crippen molar-refractivity contribution in [1.82, 2.24) is 15.0 Å². The minimum absolute atomic E-state index is 0.277. The Hall–Kier alpha value is -2.47. The average Bonchev–Trinajstić information content (AvgIpc) is 2.77. The fourth-order valence-electron chi connectivity index (χ4n) is 1.69. The summed E-state index contributed by atoms with van der Waals surface area (Å²) in [6, 6.07) is 6.01. The van der Waals surface area contributed by atoms with Gasteiger partial charge in [0.2, 0.25) is 5.95 Å². The van der Waals surface area contributed by atoms with Crippen LogP contribution in [0.4, 0.5) is 11.1 Å². The Morgan fingerprint density at radius 1 is 1.00 bits per heavy atom. The van der Waals surface area contributed by atoms with Crippen LogP contribution < -0.4 is 11.5 Å². The molecule has 0 saturated heterocycles. The average molecular weight is 269 g/mol. The van der Waals surface area contributed by atoms with Crippen LogP contribution in [0.5, 0.6) is 0 Å². The second-order valence-corrected chi connectivity index (χ2v) is 5.05. The van der Waals surface area contributed by atoms with Crippen molar-refractivity contribution in [1.29, 1.82) is 0 Å². The van der Waals surface area contributed by atoms with E-state index in [4.69, 9.17) is 11.5 Å². The molecule has 0 saturated carbocycles. The second kappa shape index (κ2) is 4.66. The van der Waals surface area contributed by atoms with Crippen LogP contribution in [-0.4, -0.2) is 15.0 Å². The zero-order valence-electron chi connectivity index (χ0n) is 9.95. The van der Waals surface area contributed by atoms with Crippen LogP contribution in [0.2, 0.25) is 0 Å². The summed E-state index contributed by atoms with van der Waals surface area (Å²) in [5.41, 5.74) is 14.0. The molecule has 0 amide bonds. The van der Waals surface area contributed by atoms with E-state index in [-0.39, 0.29) is 5.95 Å². The molecule has 0 fully saturated rings. The van der Waals surface area contributed by atoms with Crippen molar-refractivity contribution in [2.24, 2.45) is 0 Å². The monoisotopic (exact) mass is 269 g/mol. The first-order valence-corrected chi connectivity index (χ1v) is 6.44. The molecule has 1 aromatic carbocycles. The van der Waals surface area contributed by atoms with Gasteiger partial charge in [-0.05, 0) is 17.7 Å². The van der Waals surface area contributed by atoms with Gasteiger partial charge in [-0.15, -0.1) is 0 Å². The molecule has 0 aliphatic carbocycles. The lowest BCUT2D eigenvalue weighted by molar-refractivity contribution is 1.18. The first-order valence-electron chi connectivity index (χ1n) is 5.62. The number of hydrogen-bond donors (Lipinski definition) is 2. The molecule has 2 heterocycles. The highest BCUT2D eigenvalue weighted by atomic mass is 32.1. The highest BCUT2D eigenvalue weighted by molar-refractivity contribution is 7.22. The van der Waals surface area contributed by atoms with Crippen LogP contribution in [0.25, 0.3) is 22.4 Å². The zero-order chi connectivity index (χ0) is 13.2. The Bertz CT molecular complexity index is 745. The number of anilines is 2. The molecular weight excluding hydrogens is 258 g/mol. The summed E-state index contributed by atoms with van der Waals surface area (Å²) in [5.74, 6) is 0.277. The normalized spacial score (nSPS) is 11.4. The second-order valence-electron chi connectivity index (χ2n) is 3.99. The van der Waals surface area contributed by atoms with Crippen molar-refractivity contribution >= 4 is 44.8 Å². The Labute approximate surface area is 113 Å². The predicted molar refractivity (Wildman–Crippen MR) is 79.4 cm³/mol. The van der Waals surface area contributed by atoms with Crippen molar-refractivity contribution in [3.8, 4) is 0 Å². The summed E-state index contributed by atoms with van der Waals surface area (Å²) in [6.45, 7) is 0. The van der Waals surface area contributed by atoms with Crippen molar-refractivity contribution in [2.75, 3.05) is 11.5 Å². The molecule has 2 aromatic heterocycles. The van der Waals surface area contributed by atoms with Crippen LogP contribution >= 0.6 is 11.3 Å². The molecule has 0 aliphatic rings. The van der Waals surface area contributed by atoms with Crippen LogP contribution in [0.3, 0.4) is 0 Å². The summed E-state index contributed by atoms with van der Waals surface area (Å²) in [4.78, 5) is 12.1. The van der Waals surface area contributed by atoms with Gasteiger partial charge in [0.25, 0.3) is 0 Å². The minimum Gasteiger partial charge on any atom is -0.375 e. The quantitative estimate of drug-likeness (QED) is 0.745. The predicted octanol–water partition coefficient (Wildman–Crippen LogP) is 2.42. The number of benzene rings is 1. The maximum atomic E-state index is 5.68. The standard InChI is InChI=1S/C13H11N5S/c14-12-16-6-9(7-17-12)2-1-8-3-4-10-11(5-8)19-13(15)18-10/h1-7H,(H2,15,18)(H2,14,16,17). The molecule has 6 heteroatoms. The van der Waals surface area contributed by atoms with E-state index in [1.807, 2.05) is 24.3 Å². The van der Waals surface area contributed by atoms with Crippen LogP contribution in [0, 0.1) is 0 Å². The number of nitrogens with zero attached hydrogens (tertiary/aromatic N) is 3. The van der Waals surface area contributed by atoms with Crippen LogP contribution in [0.1, 0.15) is 11.1 Å². The Morgan fingerprint density at radius 2 is 1.74 bits per heavy atom. The lowest BCUT2D eigenvalue weighted by Gasteiger charge is -1.95. The maximum Gasteiger partial charge on any atom is 0.219 e. The summed E-state index contributed by atoms with van der Waals surface area (Å²) in [7, 11) is 0. The van der Waals surface area contributed by atoms with E-state index >= 15 is 0 Å². The third-order valence-corrected chi connectivity index (χ3v) is 3.44. The number of rotatable bonds is 2. The molecule has 94 valence electrons. The van der Waals surface area contributed by atoms with Gasteiger partial charge in [-0.1, -0.05) is 29.6 Å². The van der Waals surface area contributed by atoms with Crippen LogP contribution in [-0.2, 0) is 0 Å². The molecule has 0 spiro atoms. The Balaban J connectivity index is 1.89. The highest BCUT2D eigenvalue weighted by Crippen LogP contribution is 2.25. The maximum absolute atomic E-state index is 5.68. The van der Waals surface area contributed by atoms with Gasteiger partial charge in [-0.3, -0.25) is 0 Å². The molecule has 0 aliphatic heterocycles. The number of aromatic nitrogens is 3. The number of fused-ring (bicyclic) bond motifs is 1. The highest BCUT2D eigenvalue weighted by Gasteiger charge is 2.00. The lowest BCUT2D eigenvalue weighted by atomic mass is 10.2. The lowest BCUT2D eigenvalue weighted by Crippen LogP contribution is -1.92. The third kappa shape index (κ3) is 2.53. The summed E-state index contributed by atoms with van der Waals surface area (Å²) < 4.78 is 1.08. The number of nitrogen functional groups attached to an aromatic ring is 2. The first-order chi connectivity index (χ1) is 9.20. The van der Waals surface area contributed by atoms with Gasteiger partial charge in [-0.25, -0.2) is 15.0 Å². The summed E-state index contributed by atoms with van der Waals surface area (Å²) in [6.07, 6.45) is 7.29. The first kappa shape index (κ1) is 11.6. The molecule has 0 unspecified atom stereocenters. The van der Waals surface area contributed by atoms with Crippen molar-refractivity contribution in [3.63, 3.8) is 0 Å². The van der Waals surface area contributed by atoms with Gasteiger partial charge in [0.15, 0.2) is 5.13 Å². The van der Waals surface area contributed by atoms with Gasteiger partial charge in [-0.2, -0.15) is 0 Å². The molecule has 0 radical (unpaired) electrons. The Kier molecular flexibility index (Phi) is 2.85. The number of nitrogens with two attached hydrogens (primary N) is 2. The largest absolute Gasteiger partial charge is 0.375 e. The van der Waals surface area contributed by atoms with E-state index < -0.39 is 0 Å². The molecule has 3 rings (SSSR count). The SMILES string of the molecule is Nc1ncc(C=Cc2ccc3nc(N)sc3c2)cn1. The Morgan fingerprint density at radius 3 is 2.53 bits per heavy atom. The van der Waals surface area contributed by atoms with Crippen molar-refractivity contribution in [3.05, 3.63) is 41.7 Å². The summed E-state index contributed by atoms with van der Waals surface area (Å²) in [5, 5.41) is 0.586. The van der Waals surface area contributed by atoms with Gasteiger partial charge >= 0.3 is 0 Å². The van der Waals surface area contributed by atoms with E-state index in [0.717, 1.165) is 21.3 Å². The molecule has 19 heavy (non-hydrogen) atoms. The fourth-order valence-corrected chi connectivity index (χ4v) is 2.47. The van der Waals surface area contributed by atoms with Gasteiger partial charge in [0, 0.05) is 18.0 Å². The molecule has 3 aromatic rings. The van der Waals surface area contributed by atoms with E-state index in [0.29, 0.717) is 5.13 Å². The minimum atomic E-state index is 0.277. The van der Waals surface area contributed by atoms with Gasteiger partial charge in [0.05, 0.1) is 10.2 Å². The summed E-state index contributed by atoms with van der Waals surface area (Å²) >= 11 is 1.48. The van der Waals surface area contributed by atoms with E-state index in [9.17, 15) is 0 Å². The van der Waals surface area contributed by atoms with E-state index in [1.165, 1.54) is 11.3 Å². The molecule has 4 N–H and O–H groups in total. The zero-order valence-corrected chi connectivity index (χ0v) is 10.8. The van der Waals surface area contributed by atoms with Gasteiger partial charge in [0.1, 0.15) is 0 Å². The third-order valence-electron chi connectivity index (χ3n) is 2.59. The molecular formula is C13H11N5S. The van der Waals surface area contributed by atoms with E-state index in [1.54, 1.807) is 12.4 Å². The van der Waals surface area contributed by atoms with E-state index in [2.05, 4.69) is 21.0 Å². The molecule has 0 atom stereocenters.